The van der Waals surface area contributed by atoms with Gasteiger partial charge in [-0.15, -0.1) is 0 Å². The maximum absolute atomic E-state index is 12.4. The topological polar surface area (TPSA) is 52.6 Å². The third-order valence-electron chi connectivity index (χ3n) is 4.26. The minimum atomic E-state index is -0.209. The smallest absolute Gasteiger partial charge is 0.253 e. The summed E-state index contributed by atoms with van der Waals surface area (Å²) in [5.41, 5.74) is 0.696. The first-order chi connectivity index (χ1) is 10.6. The molecule has 22 heavy (non-hydrogen) atoms. The molecule has 1 saturated heterocycles. The maximum atomic E-state index is 12.4. The van der Waals surface area contributed by atoms with E-state index in [-0.39, 0.29) is 12.0 Å². The molecule has 1 heterocycles. The highest BCUT2D eigenvalue weighted by atomic mass is 35.5. The van der Waals surface area contributed by atoms with Crippen LogP contribution in [0.2, 0.25) is 5.02 Å². The number of halogens is 1. The van der Waals surface area contributed by atoms with Gasteiger partial charge in [-0.2, -0.15) is 0 Å². The minimum absolute atomic E-state index is 0.0801. The van der Waals surface area contributed by atoms with Gasteiger partial charge in [0.2, 0.25) is 0 Å². The molecule has 1 atom stereocenters. The SMILES string of the molecule is CCC(O)CCNC1CCN(C(=O)c2ccc(Cl)cc2)CC1. The number of benzene rings is 1. The standard InChI is InChI=1S/C17H25ClN2O2/c1-2-16(21)7-10-19-15-8-11-20(12-9-15)17(22)13-3-5-14(18)6-4-13/h3-6,15-16,19,21H,2,7-12H2,1H3. The zero-order valence-corrected chi connectivity index (χ0v) is 13.9. The molecule has 0 spiro atoms. The van der Waals surface area contributed by atoms with Gasteiger partial charge in [0.15, 0.2) is 0 Å². The summed E-state index contributed by atoms with van der Waals surface area (Å²) in [7, 11) is 0. The summed E-state index contributed by atoms with van der Waals surface area (Å²) in [6.07, 6.45) is 3.30. The minimum Gasteiger partial charge on any atom is -0.393 e. The van der Waals surface area contributed by atoms with Gasteiger partial charge in [0.1, 0.15) is 0 Å². The Balaban J connectivity index is 1.74. The summed E-state index contributed by atoms with van der Waals surface area (Å²) >= 11 is 5.85. The van der Waals surface area contributed by atoms with Gasteiger partial charge >= 0.3 is 0 Å². The zero-order valence-electron chi connectivity index (χ0n) is 13.1. The fourth-order valence-electron chi connectivity index (χ4n) is 2.72. The zero-order chi connectivity index (χ0) is 15.9. The summed E-state index contributed by atoms with van der Waals surface area (Å²) in [5, 5.41) is 13.7. The number of hydrogen-bond donors (Lipinski definition) is 2. The van der Waals surface area contributed by atoms with Crippen molar-refractivity contribution >= 4 is 17.5 Å². The van der Waals surface area contributed by atoms with E-state index in [0.717, 1.165) is 45.3 Å². The Labute approximate surface area is 137 Å². The van der Waals surface area contributed by atoms with Crippen LogP contribution in [0, 0.1) is 0 Å². The van der Waals surface area contributed by atoms with E-state index in [1.807, 2.05) is 11.8 Å². The summed E-state index contributed by atoms with van der Waals surface area (Å²) in [6.45, 7) is 4.38. The predicted molar refractivity (Wildman–Crippen MR) is 89.3 cm³/mol. The van der Waals surface area contributed by atoms with E-state index in [2.05, 4.69) is 5.32 Å². The number of hydrogen-bond acceptors (Lipinski definition) is 3. The Hall–Kier alpha value is -1.10. The molecule has 2 N–H and O–H groups in total. The molecule has 0 aliphatic carbocycles. The highest BCUT2D eigenvalue weighted by Gasteiger charge is 2.23. The highest BCUT2D eigenvalue weighted by Crippen LogP contribution is 2.16. The summed E-state index contributed by atoms with van der Waals surface area (Å²) in [5.74, 6) is 0.0801. The summed E-state index contributed by atoms with van der Waals surface area (Å²) in [4.78, 5) is 14.3. The average Bonchev–Trinajstić information content (AvgIpc) is 2.55. The van der Waals surface area contributed by atoms with Crippen molar-refractivity contribution in [3.8, 4) is 0 Å². The number of piperidine rings is 1. The molecule has 1 fully saturated rings. The molecule has 5 heteroatoms. The van der Waals surface area contributed by atoms with Crippen LogP contribution in [-0.2, 0) is 0 Å². The fraction of sp³-hybridized carbons (Fsp3) is 0.588. The van der Waals surface area contributed by atoms with Crippen LogP contribution in [0.4, 0.5) is 0 Å². The number of likely N-dealkylation sites (tertiary alicyclic amines) is 1. The van der Waals surface area contributed by atoms with Gasteiger partial charge < -0.3 is 15.3 Å². The second-order valence-corrected chi connectivity index (χ2v) is 6.31. The van der Waals surface area contributed by atoms with Gasteiger partial charge in [-0.05, 0) is 56.5 Å². The van der Waals surface area contributed by atoms with Crippen molar-refractivity contribution in [2.45, 2.75) is 44.8 Å². The van der Waals surface area contributed by atoms with Gasteiger partial charge in [0.05, 0.1) is 6.10 Å². The van der Waals surface area contributed by atoms with Gasteiger partial charge in [-0.1, -0.05) is 18.5 Å². The lowest BCUT2D eigenvalue weighted by molar-refractivity contribution is 0.0704. The van der Waals surface area contributed by atoms with E-state index >= 15 is 0 Å². The van der Waals surface area contributed by atoms with Crippen LogP contribution in [0.5, 0.6) is 0 Å². The van der Waals surface area contributed by atoms with E-state index in [4.69, 9.17) is 11.6 Å². The van der Waals surface area contributed by atoms with Crippen LogP contribution >= 0.6 is 11.6 Å². The first-order valence-corrected chi connectivity index (χ1v) is 8.44. The molecule has 4 nitrogen and oxygen atoms in total. The molecule has 1 unspecified atom stereocenters. The Morgan fingerprint density at radius 3 is 2.59 bits per heavy atom. The molecule has 0 radical (unpaired) electrons. The fourth-order valence-corrected chi connectivity index (χ4v) is 2.85. The van der Waals surface area contributed by atoms with Crippen molar-refractivity contribution in [3.63, 3.8) is 0 Å². The van der Waals surface area contributed by atoms with Crippen LogP contribution in [0.1, 0.15) is 43.0 Å². The highest BCUT2D eigenvalue weighted by molar-refractivity contribution is 6.30. The lowest BCUT2D eigenvalue weighted by atomic mass is 10.0. The Kier molecular flexibility index (Phi) is 6.68. The largest absolute Gasteiger partial charge is 0.393 e. The normalized spacial score (nSPS) is 17.5. The molecule has 2 rings (SSSR count). The van der Waals surface area contributed by atoms with E-state index in [1.54, 1.807) is 24.3 Å². The predicted octanol–water partition coefficient (Wildman–Crippen LogP) is 2.70. The number of carbonyl (C=O) groups excluding carboxylic acids is 1. The molecule has 0 aromatic heterocycles. The lowest BCUT2D eigenvalue weighted by Crippen LogP contribution is -2.45. The molecular weight excluding hydrogens is 300 g/mol. The van der Waals surface area contributed by atoms with E-state index < -0.39 is 0 Å². The van der Waals surface area contributed by atoms with Crippen molar-refractivity contribution < 1.29 is 9.90 Å². The van der Waals surface area contributed by atoms with E-state index in [9.17, 15) is 9.90 Å². The van der Waals surface area contributed by atoms with Crippen LogP contribution in [0.25, 0.3) is 0 Å². The van der Waals surface area contributed by atoms with Crippen LogP contribution in [-0.4, -0.2) is 47.7 Å². The molecule has 1 amide bonds. The molecule has 1 aliphatic heterocycles. The number of carbonyl (C=O) groups is 1. The van der Waals surface area contributed by atoms with Crippen molar-refractivity contribution in [2.75, 3.05) is 19.6 Å². The molecule has 0 saturated carbocycles. The first kappa shape index (κ1) is 17.3. The molecular formula is C17H25ClN2O2. The van der Waals surface area contributed by atoms with E-state index in [1.165, 1.54) is 0 Å². The lowest BCUT2D eigenvalue weighted by Gasteiger charge is -2.32. The van der Waals surface area contributed by atoms with Crippen LogP contribution < -0.4 is 5.32 Å². The van der Waals surface area contributed by atoms with Crippen molar-refractivity contribution in [2.24, 2.45) is 0 Å². The third-order valence-corrected chi connectivity index (χ3v) is 4.51. The average molecular weight is 325 g/mol. The van der Waals surface area contributed by atoms with Crippen molar-refractivity contribution in [1.29, 1.82) is 0 Å². The number of nitrogens with one attached hydrogen (secondary N) is 1. The van der Waals surface area contributed by atoms with Gasteiger partial charge in [-0.3, -0.25) is 4.79 Å². The van der Waals surface area contributed by atoms with Gasteiger partial charge in [-0.25, -0.2) is 0 Å². The van der Waals surface area contributed by atoms with Gasteiger partial charge in [0, 0.05) is 29.7 Å². The van der Waals surface area contributed by atoms with Crippen LogP contribution in [0.15, 0.2) is 24.3 Å². The number of amides is 1. The second kappa shape index (κ2) is 8.51. The maximum Gasteiger partial charge on any atom is 0.253 e. The quantitative estimate of drug-likeness (QED) is 0.846. The number of rotatable bonds is 6. The molecule has 1 aromatic carbocycles. The van der Waals surface area contributed by atoms with Crippen molar-refractivity contribution in [1.82, 2.24) is 10.2 Å². The molecule has 122 valence electrons. The number of aliphatic hydroxyl groups excluding tert-OH is 1. The monoisotopic (exact) mass is 324 g/mol. The molecule has 0 bridgehead atoms. The third kappa shape index (κ3) is 4.97. The Bertz CT molecular complexity index is 470. The Morgan fingerprint density at radius 1 is 1.36 bits per heavy atom. The number of nitrogens with zero attached hydrogens (tertiary/aromatic N) is 1. The summed E-state index contributed by atoms with van der Waals surface area (Å²) in [6, 6.07) is 7.50. The number of aliphatic hydroxyl groups is 1. The van der Waals surface area contributed by atoms with Crippen LogP contribution in [0.3, 0.4) is 0 Å². The first-order valence-electron chi connectivity index (χ1n) is 8.06. The van der Waals surface area contributed by atoms with Crippen molar-refractivity contribution in [3.05, 3.63) is 34.9 Å². The van der Waals surface area contributed by atoms with Gasteiger partial charge in [0.25, 0.3) is 5.91 Å². The van der Waals surface area contributed by atoms with E-state index in [0.29, 0.717) is 16.6 Å². The Morgan fingerprint density at radius 2 is 2.00 bits per heavy atom. The molecule has 1 aromatic rings. The molecule has 1 aliphatic rings. The summed E-state index contributed by atoms with van der Waals surface area (Å²) < 4.78 is 0. The second-order valence-electron chi connectivity index (χ2n) is 5.88.